The molecule has 0 spiro atoms. The van der Waals surface area contributed by atoms with Gasteiger partial charge in [0.2, 0.25) is 5.95 Å². The Labute approximate surface area is 161 Å². The van der Waals surface area contributed by atoms with Crippen molar-refractivity contribution >= 4 is 52.2 Å². The second-order valence-electron chi connectivity index (χ2n) is 5.35. The molecular formula is C17H15Cl2N5S. The van der Waals surface area contributed by atoms with E-state index in [1.165, 1.54) is 0 Å². The van der Waals surface area contributed by atoms with E-state index in [-0.39, 0.29) is 0 Å². The van der Waals surface area contributed by atoms with Gasteiger partial charge in [0, 0.05) is 15.7 Å². The van der Waals surface area contributed by atoms with Gasteiger partial charge in [0.1, 0.15) is 6.33 Å². The van der Waals surface area contributed by atoms with Crippen LogP contribution in [0.25, 0.3) is 0 Å². The molecule has 1 heterocycles. The van der Waals surface area contributed by atoms with Crippen molar-refractivity contribution in [1.29, 1.82) is 0 Å². The van der Waals surface area contributed by atoms with Gasteiger partial charge in [-0.15, -0.1) is 5.10 Å². The lowest BCUT2D eigenvalue weighted by Crippen LogP contribution is -2.20. The molecule has 0 aliphatic heterocycles. The highest BCUT2D eigenvalue weighted by molar-refractivity contribution is 7.80. The second-order valence-corrected chi connectivity index (χ2v) is 6.57. The summed E-state index contributed by atoms with van der Waals surface area (Å²) in [5.41, 5.74) is 2.72. The minimum atomic E-state index is 0.390. The molecule has 0 atom stereocenters. The Morgan fingerprint density at radius 1 is 1.08 bits per heavy atom. The van der Waals surface area contributed by atoms with Crippen LogP contribution in [0.4, 0.5) is 11.6 Å². The molecule has 0 aliphatic rings. The van der Waals surface area contributed by atoms with Crippen LogP contribution >= 0.6 is 35.4 Å². The summed E-state index contributed by atoms with van der Waals surface area (Å²) in [5, 5.41) is 12.2. The van der Waals surface area contributed by atoms with Crippen molar-refractivity contribution in [3.8, 4) is 0 Å². The van der Waals surface area contributed by atoms with Gasteiger partial charge in [0.15, 0.2) is 5.11 Å². The van der Waals surface area contributed by atoms with E-state index in [0.29, 0.717) is 27.7 Å². The summed E-state index contributed by atoms with van der Waals surface area (Å²) in [6, 6.07) is 13.2. The Kier molecular flexibility index (Phi) is 5.53. The number of nitrogens with zero attached hydrogens (tertiary/aromatic N) is 3. The molecule has 1 aromatic heterocycles. The maximum Gasteiger partial charge on any atom is 0.248 e. The van der Waals surface area contributed by atoms with E-state index < -0.39 is 0 Å². The van der Waals surface area contributed by atoms with Gasteiger partial charge < -0.3 is 5.32 Å². The molecule has 128 valence electrons. The Bertz CT molecular complexity index is 910. The third-order valence-corrected chi connectivity index (χ3v) is 4.55. The predicted octanol–water partition coefficient (Wildman–Crippen LogP) is 4.75. The number of aromatic nitrogens is 3. The fraction of sp³-hybridized carbons (Fsp3) is 0.118. The predicted molar refractivity (Wildman–Crippen MR) is 107 cm³/mol. The van der Waals surface area contributed by atoms with Gasteiger partial charge in [-0.1, -0.05) is 47.5 Å². The van der Waals surface area contributed by atoms with Gasteiger partial charge in [-0.25, -0.2) is 9.67 Å². The largest absolute Gasteiger partial charge is 0.332 e. The standard InChI is InChI=1S/C17H15Cl2N5S/c1-11-13(18)7-4-8-15(11)21-17(25)22-16-20-10-24(23-16)9-12-5-2-3-6-14(12)19/h2-8,10H,9H2,1H3,(H2,21,22,23,25). The Balaban J connectivity index is 1.64. The molecule has 5 nitrogen and oxygen atoms in total. The summed E-state index contributed by atoms with van der Waals surface area (Å²) < 4.78 is 1.69. The molecule has 0 saturated heterocycles. The summed E-state index contributed by atoms with van der Waals surface area (Å²) in [6.45, 7) is 2.45. The van der Waals surface area contributed by atoms with Crippen LogP contribution in [0.2, 0.25) is 10.0 Å². The molecule has 3 rings (SSSR count). The van der Waals surface area contributed by atoms with Gasteiger partial charge in [-0.3, -0.25) is 5.32 Å². The number of halogens is 2. The number of hydrogen-bond donors (Lipinski definition) is 2. The highest BCUT2D eigenvalue weighted by Crippen LogP contribution is 2.23. The summed E-state index contributed by atoms with van der Waals surface area (Å²) in [7, 11) is 0. The zero-order valence-electron chi connectivity index (χ0n) is 13.3. The molecule has 2 N–H and O–H groups in total. The van der Waals surface area contributed by atoms with E-state index in [1.54, 1.807) is 11.0 Å². The number of nitrogens with one attached hydrogen (secondary N) is 2. The molecule has 8 heteroatoms. The molecule has 25 heavy (non-hydrogen) atoms. The average molecular weight is 392 g/mol. The molecule has 3 aromatic rings. The summed E-state index contributed by atoms with van der Waals surface area (Å²) >= 11 is 17.6. The molecule has 0 bridgehead atoms. The van der Waals surface area contributed by atoms with Crippen molar-refractivity contribution in [2.24, 2.45) is 0 Å². The van der Waals surface area contributed by atoms with Gasteiger partial charge >= 0.3 is 0 Å². The molecule has 0 radical (unpaired) electrons. The lowest BCUT2D eigenvalue weighted by molar-refractivity contribution is 0.687. The first kappa shape index (κ1) is 17.7. The Morgan fingerprint density at radius 3 is 2.64 bits per heavy atom. The summed E-state index contributed by atoms with van der Waals surface area (Å²) in [4.78, 5) is 4.21. The summed E-state index contributed by atoms with van der Waals surface area (Å²) in [6.07, 6.45) is 1.62. The van der Waals surface area contributed by atoms with Gasteiger partial charge in [0.05, 0.1) is 6.54 Å². The molecule has 2 aromatic carbocycles. The van der Waals surface area contributed by atoms with Crippen LogP contribution in [-0.4, -0.2) is 19.9 Å². The normalized spacial score (nSPS) is 10.5. The molecular weight excluding hydrogens is 377 g/mol. The number of rotatable bonds is 4. The van der Waals surface area contributed by atoms with Crippen LogP contribution in [-0.2, 0) is 6.54 Å². The van der Waals surface area contributed by atoms with Crippen molar-refractivity contribution in [3.05, 3.63) is 70.0 Å². The fourth-order valence-corrected chi connectivity index (χ4v) is 2.80. The molecule has 0 aliphatic carbocycles. The van der Waals surface area contributed by atoms with Crippen molar-refractivity contribution in [2.75, 3.05) is 10.6 Å². The van der Waals surface area contributed by atoms with Gasteiger partial charge in [-0.2, -0.15) is 0 Å². The van der Waals surface area contributed by atoms with E-state index >= 15 is 0 Å². The SMILES string of the molecule is Cc1c(Cl)cccc1NC(=S)Nc1ncn(Cc2ccccc2Cl)n1. The zero-order valence-corrected chi connectivity index (χ0v) is 15.7. The van der Waals surface area contributed by atoms with Crippen molar-refractivity contribution in [3.63, 3.8) is 0 Å². The number of anilines is 2. The third-order valence-electron chi connectivity index (χ3n) is 3.57. The number of hydrogen-bond acceptors (Lipinski definition) is 3. The maximum absolute atomic E-state index is 6.16. The third kappa shape index (κ3) is 4.48. The highest BCUT2D eigenvalue weighted by atomic mass is 35.5. The Hall–Kier alpha value is -2.15. The molecule has 0 saturated carbocycles. The first-order chi connectivity index (χ1) is 12.0. The van der Waals surface area contributed by atoms with Crippen LogP contribution in [0.5, 0.6) is 0 Å². The molecule has 0 amide bonds. The van der Waals surface area contributed by atoms with E-state index in [1.807, 2.05) is 49.4 Å². The maximum atomic E-state index is 6.16. The number of thiocarbonyl (C=S) groups is 1. The molecule has 0 unspecified atom stereocenters. The zero-order chi connectivity index (χ0) is 17.8. The lowest BCUT2D eigenvalue weighted by Gasteiger charge is -2.11. The van der Waals surface area contributed by atoms with E-state index in [0.717, 1.165) is 16.8 Å². The van der Waals surface area contributed by atoms with Gasteiger partial charge in [-0.05, 0) is 48.5 Å². The monoisotopic (exact) mass is 391 g/mol. The first-order valence-corrected chi connectivity index (χ1v) is 8.65. The van der Waals surface area contributed by atoms with E-state index in [4.69, 9.17) is 35.4 Å². The van der Waals surface area contributed by atoms with Gasteiger partial charge in [0.25, 0.3) is 0 Å². The quantitative estimate of drug-likeness (QED) is 0.628. The average Bonchev–Trinajstić information content (AvgIpc) is 3.01. The van der Waals surface area contributed by atoms with Crippen LogP contribution in [0.3, 0.4) is 0 Å². The fourth-order valence-electron chi connectivity index (χ4n) is 2.23. The smallest absolute Gasteiger partial charge is 0.248 e. The van der Waals surface area contributed by atoms with Crippen LogP contribution in [0, 0.1) is 6.92 Å². The topological polar surface area (TPSA) is 54.8 Å². The van der Waals surface area contributed by atoms with E-state index in [2.05, 4.69) is 20.7 Å². The Morgan fingerprint density at radius 2 is 1.84 bits per heavy atom. The molecule has 0 fully saturated rings. The van der Waals surface area contributed by atoms with Crippen LogP contribution < -0.4 is 10.6 Å². The van der Waals surface area contributed by atoms with Crippen LogP contribution in [0.15, 0.2) is 48.8 Å². The van der Waals surface area contributed by atoms with Crippen molar-refractivity contribution in [1.82, 2.24) is 14.8 Å². The lowest BCUT2D eigenvalue weighted by atomic mass is 10.2. The minimum absolute atomic E-state index is 0.390. The minimum Gasteiger partial charge on any atom is -0.332 e. The summed E-state index contributed by atoms with van der Waals surface area (Å²) in [5.74, 6) is 0.407. The highest BCUT2D eigenvalue weighted by Gasteiger charge is 2.08. The second kappa shape index (κ2) is 7.82. The van der Waals surface area contributed by atoms with Crippen LogP contribution in [0.1, 0.15) is 11.1 Å². The van der Waals surface area contributed by atoms with Crippen molar-refractivity contribution < 1.29 is 0 Å². The first-order valence-electron chi connectivity index (χ1n) is 7.49. The number of benzene rings is 2. The van der Waals surface area contributed by atoms with E-state index in [9.17, 15) is 0 Å². The van der Waals surface area contributed by atoms with Crippen molar-refractivity contribution in [2.45, 2.75) is 13.5 Å².